The predicted molar refractivity (Wildman–Crippen MR) is 109 cm³/mol. The lowest BCUT2D eigenvalue weighted by molar-refractivity contribution is -0.134. The van der Waals surface area contributed by atoms with Gasteiger partial charge in [-0.05, 0) is 12.0 Å². The number of fused-ring (bicyclic) bond motifs is 3. The van der Waals surface area contributed by atoms with Crippen molar-refractivity contribution in [1.82, 2.24) is 23.1 Å². The van der Waals surface area contributed by atoms with E-state index in [9.17, 15) is 32.7 Å². The van der Waals surface area contributed by atoms with E-state index >= 15 is 0 Å². The van der Waals surface area contributed by atoms with Crippen LogP contribution in [0.25, 0.3) is 16.9 Å². The minimum atomic E-state index is -4.56. The molecule has 0 bridgehead atoms. The Kier molecular flexibility index (Phi) is 4.94. The summed E-state index contributed by atoms with van der Waals surface area (Å²) in [5.74, 6) is -0.975. The van der Waals surface area contributed by atoms with E-state index in [1.54, 1.807) is 30.3 Å². The van der Waals surface area contributed by atoms with Crippen molar-refractivity contribution < 1.29 is 18.3 Å². The summed E-state index contributed by atoms with van der Waals surface area (Å²) in [6.07, 6.45) is -6.68. The summed E-state index contributed by atoms with van der Waals surface area (Å²) in [7, 11) is 2.59. The number of hydrogen-bond donors (Lipinski definition) is 1. The topological polar surface area (TPSA) is 104 Å². The van der Waals surface area contributed by atoms with Gasteiger partial charge in [0.25, 0.3) is 11.1 Å². The molecule has 0 aliphatic carbocycles. The maximum atomic E-state index is 13.1. The molecule has 32 heavy (non-hydrogen) atoms. The second-order valence-corrected chi connectivity index (χ2v) is 7.42. The fourth-order valence-electron chi connectivity index (χ4n) is 3.64. The van der Waals surface area contributed by atoms with Crippen LogP contribution in [0.2, 0.25) is 0 Å². The number of halogens is 3. The number of imidazole rings is 1. The smallest absolute Gasteiger partial charge is 0.389 e. The molecule has 12 heteroatoms. The average Bonchev–Trinajstić information content (AvgIpc) is 3.14. The van der Waals surface area contributed by atoms with Gasteiger partial charge in [0, 0.05) is 20.5 Å². The van der Waals surface area contributed by atoms with Crippen LogP contribution in [0, 0.1) is 0 Å². The molecule has 0 fully saturated rings. The molecule has 0 saturated heterocycles. The van der Waals surface area contributed by atoms with Gasteiger partial charge in [0.05, 0.1) is 12.1 Å². The largest absolute Gasteiger partial charge is 0.494 e. The average molecular weight is 449 g/mol. The van der Waals surface area contributed by atoms with Gasteiger partial charge >= 0.3 is 11.9 Å². The van der Waals surface area contributed by atoms with Gasteiger partial charge in [-0.2, -0.15) is 18.2 Å². The van der Waals surface area contributed by atoms with Crippen LogP contribution in [-0.2, 0) is 27.1 Å². The van der Waals surface area contributed by atoms with E-state index in [2.05, 4.69) is 4.98 Å². The van der Waals surface area contributed by atoms with Gasteiger partial charge in [-0.3, -0.25) is 23.3 Å². The molecule has 0 aliphatic heterocycles. The number of aromatic nitrogens is 5. The van der Waals surface area contributed by atoms with E-state index in [0.717, 1.165) is 18.1 Å². The zero-order valence-corrected chi connectivity index (χ0v) is 17.0. The number of aromatic hydroxyl groups is 1. The quantitative estimate of drug-likeness (QED) is 0.506. The first-order chi connectivity index (χ1) is 15.0. The summed E-state index contributed by atoms with van der Waals surface area (Å²) in [6, 6.07) is 8.64. The number of benzene rings is 1. The van der Waals surface area contributed by atoms with Crippen molar-refractivity contribution in [2.24, 2.45) is 14.1 Å². The van der Waals surface area contributed by atoms with Gasteiger partial charge in [0.1, 0.15) is 0 Å². The Bertz CT molecular complexity index is 1530. The molecule has 0 saturated carbocycles. The molecule has 1 aromatic carbocycles. The van der Waals surface area contributed by atoms with Crippen molar-refractivity contribution in [1.29, 1.82) is 0 Å². The molecule has 0 unspecified atom stereocenters. The molecule has 9 nitrogen and oxygen atoms in total. The third-order valence-electron chi connectivity index (χ3n) is 5.31. The molecule has 0 amide bonds. The minimum Gasteiger partial charge on any atom is -0.494 e. The summed E-state index contributed by atoms with van der Waals surface area (Å²) in [4.78, 5) is 42.5. The van der Waals surface area contributed by atoms with Crippen LogP contribution in [-0.4, -0.2) is 34.4 Å². The normalized spacial score (nSPS) is 12.2. The van der Waals surface area contributed by atoms with Crippen molar-refractivity contribution in [3.8, 4) is 5.88 Å². The van der Waals surface area contributed by atoms with E-state index in [0.29, 0.717) is 5.56 Å². The summed E-state index contributed by atoms with van der Waals surface area (Å²) < 4.78 is 42.5. The Hall–Kier alpha value is -3.83. The Labute approximate surface area is 177 Å². The molecule has 168 valence electrons. The number of hydrogen-bond acceptors (Lipinski definition) is 5. The van der Waals surface area contributed by atoms with E-state index < -0.39 is 47.3 Å². The monoisotopic (exact) mass is 449 g/mol. The van der Waals surface area contributed by atoms with Gasteiger partial charge in [-0.15, -0.1) is 0 Å². The highest BCUT2D eigenvalue weighted by molar-refractivity contribution is 5.76. The Balaban J connectivity index is 2.13. The molecule has 0 atom stereocenters. The number of nitrogens with zero attached hydrogens (tertiary/aromatic N) is 5. The SMILES string of the molecule is Cn1c(=O)c2c(nc3n(Cc4ccccc4)c(=O)c(CCC(F)(F)F)c(O)n23)n(C)c1=O. The summed E-state index contributed by atoms with van der Waals surface area (Å²) in [5.41, 5.74) is -2.53. The fourth-order valence-corrected chi connectivity index (χ4v) is 3.64. The predicted octanol–water partition coefficient (Wildman–Crippen LogP) is 1.30. The van der Waals surface area contributed by atoms with Crippen molar-refractivity contribution in [3.05, 3.63) is 72.7 Å². The van der Waals surface area contributed by atoms with Crippen molar-refractivity contribution in [2.45, 2.75) is 25.6 Å². The maximum Gasteiger partial charge on any atom is 0.389 e. The first-order valence-electron chi connectivity index (χ1n) is 9.54. The van der Waals surface area contributed by atoms with Crippen LogP contribution >= 0.6 is 0 Å². The van der Waals surface area contributed by atoms with Crippen molar-refractivity contribution in [3.63, 3.8) is 0 Å². The Morgan fingerprint density at radius 2 is 1.66 bits per heavy atom. The fraction of sp³-hybridized carbons (Fsp3) is 0.300. The number of aryl methyl sites for hydroxylation is 1. The Morgan fingerprint density at radius 1 is 1.00 bits per heavy atom. The molecule has 0 aliphatic rings. The molecule has 3 aromatic heterocycles. The van der Waals surface area contributed by atoms with E-state index in [1.165, 1.54) is 14.1 Å². The maximum absolute atomic E-state index is 13.1. The molecule has 4 aromatic rings. The molecule has 4 rings (SSSR count). The van der Waals surface area contributed by atoms with E-state index in [-0.39, 0.29) is 23.5 Å². The van der Waals surface area contributed by atoms with Gasteiger partial charge in [0.2, 0.25) is 11.7 Å². The van der Waals surface area contributed by atoms with Crippen molar-refractivity contribution in [2.75, 3.05) is 0 Å². The summed E-state index contributed by atoms with van der Waals surface area (Å²) >= 11 is 0. The molecule has 1 N–H and O–H groups in total. The highest BCUT2D eigenvalue weighted by Gasteiger charge is 2.30. The third-order valence-corrected chi connectivity index (χ3v) is 5.31. The lowest BCUT2D eigenvalue weighted by Gasteiger charge is -2.14. The second-order valence-electron chi connectivity index (χ2n) is 7.42. The molecule has 0 spiro atoms. The molecule has 0 radical (unpaired) electrons. The highest BCUT2D eigenvalue weighted by atomic mass is 19.4. The highest BCUT2D eigenvalue weighted by Crippen LogP contribution is 2.26. The lowest BCUT2D eigenvalue weighted by atomic mass is 10.1. The van der Waals surface area contributed by atoms with Gasteiger partial charge < -0.3 is 5.11 Å². The van der Waals surface area contributed by atoms with Crippen LogP contribution in [0.3, 0.4) is 0 Å². The molecule has 3 heterocycles. The van der Waals surface area contributed by atoms with Crippen molar-refractivity contribution >= 4 is 16.9 Å². The van der Waals surface area contributed by atoms with Crippen LogP contribution in [0.1, 0.15) is 17.5 Å². The zero-order valence-electron chi connectivity index (χ0n) is 17.0. The van der Waals surface area contributed by atoms with Crippen LogP contribution in [0.4, 0.5) is 13.2 Å². The lowest BCUT2D eigenvalue weighted by Crippen LogP contribution is -2.37. The zero-order chi connectivity index (χ0) is 23.4. The minimum absolute atomic E-state index is 0.0694. The standard InChI is InChI=1S/C20H18F3N5O4/c1-25-14-13(17(31)26(2)19(25)32)28-16(30)12(8-9-20(21,22)23)15(29)27(18(28)24-14)10-11-6-4-3-5-7-11/h3-7,30H,8-10H2,1-2H3. The van der Waals surface area contributed by atoms with Gasteiger partial charge in [0.15, 0.2) is 11.2 Å². The number of alkyl halides is 3. The number of rotatable bonds is 4. The van der Waals surface area contributed by atoms with Crippen LogP contribution in [0.5, 0.6) is 5.88 Å². The van der Waals surface area contributed by atoms with Gasteiger partial charge in [-0.25, -0.2) is 9.20 Å². The summed E-state index contributed by atoms with van der Waals surface area (Å²) in [5, 5.41) is 10.8. The summed E-state index contributed by atoms with van der Waals surface area (Å²) in [6.45, 7) is -0.0694. The Morgan fingerprint density at radius 3 is 2.28 bits per heavy atom. The first-order valence-corrected chi connectivity index (χ1v) is 9.54. The third kappa shape index (κ3) is 3.37. The van der Waals surface area contributed by atoms with E-state index in [4.69, 9.17) is 0 Å². The molecular formula is C20H18F3N5O4. The molecular weight excluding hydrogens is 431 g/mol. The van der Waals surface area contributed by atoms with E-state index in [1.807, 2.05) is 0 Å². The van der Waals surface area contributed by atoms with Crippen LogP contribution in [0.15, 0.2) is 44.7 Å². The first kappa shape index (κ1) is 21.4. The van der Waals surface area contributed by atoms with Crippen LogP contribution < -0.4 is 16.8 Å². The van der Waals surface area contributed by atoms with Gasteiger partial charge in [-0.1, -0.05) is 30.3 Å². The second kappa shape index (κ2) is 7.39.